The molecule has 0 aliphatic carbocycles. The van der Waals surface area contributed by atoms with Crippen molar-refractivity contribution in [1.82, 2.24) is 28.5 Å². The zero-order valence-electron chi connectivity index (χ0n) is 21.5. The number of para-hydroxylation sites is 2. The van der Waals surface area contributed by atoms with E-state index in [4.69, 9.17) is 0 Å². The molecule has 0 bridgehead atoms. The van der Waals surface area contributed by atoms with Crippen LogP contribution in [0.5, 0.6) is 0 Å². The van der Waals surface area contributed by atoms with Crippen LogP contribution in [0, 0.1) is 13.8 Å². The van der Waals surface area contributed by atoms with E-state index < -0.39 is 0 Å². The Balaban J connectivity index is 1.28. The maximum absolute atomic E-state index is 13.3. The average molecular weight is 487 g/mol. The molecule has 0 unspecified atom stereocenters. The lowest BCUT2D eigenvalue weighted by Crippen LogP contribution is -2.46. The maximum Gasteiger partial charge on any atom is 0.276 e. The number of rotatable bonds is 6. The van der Waals surface area contributed by atoms with Crippen molar-refractivity contribution in [2.45, 2.75) is 26.9 Å². The van der Waals surface area contributed by atoms with Gasteiger partial charge in [-0.05, 0) is 38.1 Å². The lowest BCUT2D eigenvalue weighted by atomic mass is 10.2. The second-order valence-electron chi connectivity index (χ2n) is 9.63. The molecule has 0 amide bonds. The summed E-state index contributed by atoms with van der Waals surface area (Å²) in [4.78, 5) is 31.3. The molecule has 0 N–H and O–H groups in total. The number of hydrogen-bond acceptors (Lipinski definition) is 4. The van der Waals surface area contributed by atoms with Gasteiger partial charge in [0.15, 0.2) is 0 Å². The van der Waals surface area contributed by atoms with Gasteiger partial charge in [-0.15, -0.1) is 0 Å². The molecule has 0 saturated carbocycles. The van der Waals surface area contributed by atoms with E-state index in [1.165, 1.54) is 0 Å². The molecule has 0 atom stereocenters. The van der Waals surface area contributed by atoms with Crippen LogP contribution in [0.3, 0.4) is 0 Å². The lowest BCUT2D eigenvalue weighted by Gasteiger charge is -2.34. The first kappa shape index (κ1) is 24.1. The molecule has 5 rings (SSSR count). The molecule has 0 radical (unpaired) electrons. The summed E-state index contributed by atoms with van der Waals surface area (Å²) in [6, 6.07) is 19.6. The normalized spacial score (nSPS) is 15.0. The molecule has 8 nitrogen and oxygen atoms in total. The summed E-state index contributed by atoms with van der Waals surface area (Å²) in [5, 5.41) is 0. The van der Waals surface area contributed by atoms with Crippen molar-refractivity contribution < 1.29 is 0 Å². The Morgan fingerprint density at radius 3 is 1.25 bits per heavy atom. The summed E-state index contributed by atoms with van der Waals surface area (Å²) >= 11 is 0. The molecular weight excluding hydrogens is 452 g/mol. The van der Waals surface area contributed by atoms with Crippen molar-refractivity contribution in [3.8, 4) is 11.4 Å². The summed E-state index contributed by atoms with van der Waals surface area (Å²) in [5.74, 6) is 0. The number of piperazine rings is 1. The molecule has 4 aromatic rings. The molecule has 3 heterocycles. The van der Waals surface area contributed by atoms with E-state index in [1.54, 1.807) is 9.36 Å². The highest BCUT2D eigenvalue weighted by molar-refractivity contribution is 5.34. The molecule has 1 aliphatic rings. The van der Waals surface area contributed by atoms with Gasteiger partial charge in [0.1, 0.15) is 0 Å². The van der Waals surface area contributed by atoms with Crippen molar-refractivity contribution >= 4 is 0 Å². The number of hydrogen-bond donors (Lipinski definition) is 0. The zero-order chi connectivity index (χ0) is 25.4. The minimum Gasteiger partial charge on any atom is -0.296 e. The van der Waals surface area contributed by atoms with E-state index in [2.05, 4.69) is 9.80 Å². The van der Waals surface area contributed by atoms with Crippen LogP contribution in [0.25, 0.3) is 11.4 Å². The van der Waals surface area contributed by atoms with Gasteiger partial charge in [-0.2, -0.15) is 0 Å². The predicted molar refractivity (Wildman–Crippen MR) is 142 cm³/mol. The second kappa shape index (κ2) is 9.79. The molecule has 1 fully saturated rings. The van der Waals surface area contributed by atoms with E-state index in [1.807, 2.05) is 98.0 Å². The Hall–Kier alpha value is -3.62. The first-order chi connectivity index (χ1) is 17.4. The smallest absolute Gasteiger partial charge is 0.276 e. The summed E-state index contributed by atoms with van der Waals surface area (Å²) in [6.07, 6.45) is 0. The summed E-state index contributed by atoms with van der Waals surface area (Å²) in [6.45, 7) is 8.74. The molecule has 1 saturated heterocycles. The average Bonchev–Trinajstić information content (AvgIpc) is 3.24. The van der Waals surface area contributed by atoms with E-state index in [0.29, 0.717) is 13.1 Å². The minimum absolute atomic E-state index is 0.0463. The Morgan fingerprint density at radius 2 is 0.917 bits per heavy atom. The molecule has 36 heavy (non-hydrogen) atoms. The van der Waals surface area contributed by atoms with Crippen molar-refractivity contribution in [2.24, 2.45) is 14.1 Å². The van der Waals surface area contributed by atoms with Gasteiger partial charge >= 0.3 is 0 Å². The van der Waals surface area contributed by atoms with Gasteiger partial charge in [0, 0.05) is 64.8 Å². The maximum atomic E-state index is 13.3. The van der Waals surface area contributed by atoms with Crippen molar-refractivity contribution in [1.29, 1.82) is 0 Å². The van der Waals surface area contributed by atoms with Gasteiger partial charge in [-0.3, -0.25) is 28.8 Å². The van der Waals surface area contributed by atoms with Crippen molar-refractivity contribution in [2.75, 3.05) is 26.2 Å². The van der Waals surface area contributed by atoms with Crippen LogP contribution >= 0.6 is 0 Å². The fourth-order valence-corrected chi connectivity index (χ4v) is 5.16. The molecule has 2 aromatic heterocycles. The molecule has 1 aliphatic heterocycles. The fraction of sp³-hybridized carbons (Fsp3) is 0.357. The molecular formula is C28H34N6O2. The summed E-state index contributed by atoms with van der Waals surface area (Å²) < 4.78 is 7.38. The van der Waals surface area contributed by atoms with E-state index in [-0.39, 0.29) is 11.1 Å². The van der Waals surface area contributed by atoms with Gasteiger partial charge < -0.3 is 0 Å². The zero-order valence-corrected chi connectivity index (χ0v) is 21.5. The van der Waals surface area contributed by atoms with E-state index in [0.717, 1.165) is 60.1 Å². The highest BCUT2D eigenvalue weighted by atomic mass is 16.1. The number of aromatic nitrogens is 4. The molecule has 188 valence electrons. The predicted octanol–water partition coefficient (Wildman–Crippen LogP) is 2.60. The van der Waals surface area contributed by atoms with Gasteiger partial charge in [-0.25, -0.2) is 9.36 Å². The van der Waals surface area contributed by atoms with Crippen molar-refractivity contribution in [3.63, 3.8) is 0 Å². The van der Waals surface area contributed by atoms with Crippen LogP contribution in [0.4, 0.5) is 0 Å². The molecule has 8 heteroatoms. The monoisotopic (exact) mass is 486 g/mol. The summed E-state index contributed by atoms with van der Waals surface area (Å²) in [7, 11) is 3.88. The van der Waals surface area contributed by atoms with E-state index >= 15 is 0 Å². The molecule has 2 aromatic carbocycles. The van der Waals surface area contributed by atoms with E-state index in [9.17, 15) is 9.59 Å². The third-order valence-corrected chi connectivity index (χ3v) is 7.58. The highest BCUT2D eigenvalue weighted by Crippen LogP contribution is 2.16. The highest BCUT2D eigenvalue weighted by Gasteiger charge is 2.24. The summed E-state index contributed by atoms with van der Waals surface area (Å²) in [5.41, 5.74) is 5.53. The van der Waals surface area contributed by atoms with Crippen molar-refractivity contribution in [3.05, 3.63) is 104 Å². The van der Waals surface area contributed by atoms with Crippen LogP contribution in [-0.4, -0.2) is 54.7 Å². The topological polar surface area (TPSA) is 60.3 Å². The van der Waals surface area contributed by atoms with Gasteiger partial charge in [0.25, 0.3) is 11.1 Å². The van der Waals surface area contributed by atoms with Crippen LogP contribution in [0.15, 0.2) is 70.3 Å². The third-order valence-electron chi connectivity index (χ3n) is 7.58. The Kier molecular flexibility index (Phi) is 6.55. The minimum atomic E-state index is 0.0463. The second-order valence-corrected chi connectivity index (χ2v) is 9.63. The van der Waals surface area contributed by atoms with Gasteiger partial charge in [0.2, 0.25) is 0 Å². The first-order valence-electron chi connectivity index (χ1n) is 12.5. The first-order valence-corrected chi connectivity index (χ1v) is 12.5. The van der Waals surface area contributed by atoms with Gasteiger partial charge in [-0.1, -0.05) is 36.4 Å². The van der Waals surface area contributed by atoms with Crippen LogP contribution in [0.1, 0.15) is 22.5 Å². The van der Waals surface area contributed by atoms with Crippen LogP contribution < -0.4 is 11.1 Å². The number of nitrogens with zero attached hydrogens (tertiary/aromatic N) is 6. The Morgan fingerprint density at radius 1 is 0.583 bits per heavy atom. The largest absolute Gasteiger partial charge is 0.296 e. The van der Waals surface area contributed by atoms with Crippen LogP contribution in [-0.2, 0) is 27.2 Å². The van der Waals surface area contributed by atoms with Crippen LogP contribution in [0.2, 0.25) is 0 Å². The fourth-order valence-electron chi connectivity index (χ4n) is 5.16. The third kappa shape index (κ3) is 4.27. The van der Waals surface area contributed by atoms with Gasteiger partial charge in [0.05, 0.1) is 22.5 Å². The lowest BCUT2D eigenvalue weighted by molar-refractivity contribution is 0.121. The Bertz CT molecular complexity index is 1350. The number of benzene rings is 2. The Labute approximate surface area is 211 Å². The molecule has 0 spiro atoms. The SMILES string of the molecule is Cc1c(CN2CCN(Cc3c(C)n(C)n(-c4ccccc4)c3=O)CC2)c(=O)n(-c2ccccc2)n1C. The standard InChI is InChI=1S/C28H34N6O2/c1-21-25(27(35)33(29(21)3)23-11-7-5-8-12-23)19-31-15-17-32(18-16-31)20-26-22(2)30(4)34(28(26)36)24-13-9-6-10-14-24/h5-14H,15-20H2,1-4H3. The quantitative estimate of drug-likeness (QED) is 0.420.